The first-order valence-electron chi connectivity index (χ1n) is 8.07. The van der Waals surface area contributed by atoms with Crippen molar-refractivity contribution >= 4 is 0 Å². The molecule has 0 saturated heterocycles. The van der Waals surface area contributed by atoms with Gasteiger partial charge in [-0.05, 0) is 44.8 Å². The van der Waals surface area contributed by atoms with E-state index in [-0.39, 0.29) is 5.60 Å². The van der Waals surface area contributed by atoms with E-state index in [1.807, 2.05) is 19.3 Å². The lowest BCUT2D eigenvalue weighted by Gasteiger charge is -2.29. The average Bonchev–Trinajstić information content (AvgIpc) is 2.49. The molecule has 2 aliphatic rings. The van der Waals surface area contributed by atoms with Crippen LogP contribution in [-0.4, -0.2) is 18.3 Å². The van der Waals surface area contributed by atoms with Crippen LogP contribution in [-0.2, 0) is 9.47 Å². The SMILES string of the molecule is CCOC1(C=COC(C)C2CCCCC2)C=CC=CC1. The molecule has 0 aromatic heterocycles. The van der Waals surface area contributed by atoms with Crippen LogP contribution in [0.25, 0.3) is 0 Å². The van der Waals surface area contributed by atoms with Crippen LogP contribution in [0.3, 0.4) is 0 Å². The quantitative estimate of drug-likeness (QED) is 0.650. The molecule has 1 fully saturated rings. The summed E-state index contributed by atoms with van der Waals surface area (Å²) in [6.07, 6.45) is 20.2. The van der Waals surface area contributed by atoms with E-state index in [2.05, 4.69) is 31.2 Å². The summed E-state index contributed by atoms with van der Waals surface area (Å²) in [7, 11) is 0. The fourth-order valence-corrected chi connectivity index (χ4v) is 3.16. The molecule has 2 atom stereocenters. The van der Waals surface area contributed by atoms with Crippen molar-refractivity contribution in [2.24, 2.45) is 5.92 Å². The summed E-state index contributed by atoms with van der Waals surface area (Å²) >= 11 is 0. The highest BCUT2D eigenvalue weighted by molar-refractivity contribution is 5.24. The Morgan fingerprint density at radius 1 is 1.25 bits per heavy atom. The maximum absolute atomic E-state index is 5.94. The third-order valence-electron chi connectivity index (χ3n) is 4.43. The molecule has 0 heterocycles. The number of ether oxygens (including phenoxy) is 2. The molecule has 0 N–H and O–H groups in total. The monoisotopic (exact) mass is 276 g/mol. The van der Waals surface area contributed by atoms with Crippen molar-refractivity contribution in [1.29, 1.82) is 0 Å². The smallest absolute Gasteiger partial charge is 0.111 e. The van der Waals surface area contributed by atoms with Crippen LogP contribution in [0.4, 0.5) is 0 Å². The number of hydrogen-bond acceptors (Lipinski definition) is 2. The van der Waals surface area contributed by atoms with Gasteiger partial charge in [0.2, 0.25) is 0 Å². The molecule has 2 heteroatoms. The Morgan fingerprint density at radius 2 is 2.05 bits per heavy atom. The van der Waals surface area contributed by atoms with Crippen molar-refractivity contribution in [2.75, 3.05) is 6.61 Å². The van der Waals surface area contributed by atoms with E-state index < -0.39 is 0 Å². The van der Waals surface area contributed by atoms with Crippen LogP contribution in [0.2, 0.25) is 0 Å². The summed E-state index contributed by atoms with van der Waals surface area (Å²) < 4.78 is 11.8. The van der Waals surface area contributed by atoms with E-state index in [9.17, 15) is 0 Å². The molecule has 2 unspecified atom stereocenters. The molecule has 0 aromatic carbocycles. The van der Waals surface area contributed by atoms with Gasteiger partial charge in [-0.1, -0.05) is 37.5 Å². The Morgan fingerprint density at radius 3 is 2.70 bits per heavy atom. The van der Waals surface area contributed by atoms with Crippen molar-refractivity contribution < 1.29 is 9.47 Å². The molecule has 0 spiro atoms. The molecular formula is C18H28O2. The maximum Gasteiger partial charge on any atom is 0.111 e. The van der Waals surface area contributed by atoms with Crippen molar-refractivity contribution in [3.63, 3.8) is 0 Å². The van der Waals surface area contributed by atoms with Gasteiger partial charge in [0.05, 0.1) is 12.4 Å². The van der Waals surface area contributed by atoms with Gasteiger partial charge in [0.1, 0.15) is 5.60 Å². The van der Waals surface area contributed by atoms with E-state index in [1.54, 1.807) is 0 Å². The summed E-state index contributed by atoms with van der Waals surface area (Å²) in [5.74, 6) is 0.721. The van der Waals surface area contributed by atoms with Crippen LogP contribution in [0, 0.1) is 5.92 Å². The third-order valence-corrected chi connectivity index (χ3v) is 4.43. The summed E-state index contributed by atoms with van der Waals surface area (Å²) in [4.78, 5) is 0. The standard InChI is InChI=1S/C18H28O2/c1-3-20-18(12-8-5-9-13-18)14-15-19-16(2)17-10-6-4-7-11-17/h5,8-9,12,14-17H,3-4,6-7,10-11,13H2,1-2H3. The highest BCUT2D eigenvalue weighted by Crippen LogP contribution is 2.29. The topological polar surface area (TPSA) is 18.5 Å². The molecule has 2 aliphatic carbocycles. The normalized spacial score (nSPS) is 28.9. The zero-order valence-electron chi connectivity index (χ0n) is 12.9. The third kappa shape index (κ3) is 4.24. The first kappa shape index (κ1) is 15.4. The van der Waals surface area contributed by atoms with Gasteiger partial charge in [0, 0.05) is 13.0 Å². The van der Waals surface area contributed by atoms with Gasteiger partial charge in [-0.2, -0.15) is 0 Å². The van der Waals surface area contributed by atoms with Crippen molar-refractivity contribution in [3.05, 3.63) is 36.6 Å². The first-order valence-corrected chi connectivity index (χ1v) is 8.07. The van der Waals surface area contributed by atoms with Crippen molar-refractivity contribution in [2.45, 2.75) is 64.1 Å². The van der Waals surface area contributed by atoms with E-state index in [1.165, 1.54) is 32.1 Å². The molecule has 0 aliphatic heterocycles. The summed E-state index contributed by atoms with van der Waals surface area (Å²) in [5, 5.41) is 0. The summed E-state index contributed by atoms with van der Waals surface area (Å²) in [5.41, 5.74) is -0.310. The largest absolute Gasteiger partial charge is 0.498 e. The molecule has 0 radical (unpaired) electrons. The van der Waals surface area contributed by atoms with Crippen molar-refractivity contribution in [1.82, 2.24) is 0 Å². The molecule has 2 nitrogen and oxygen atoms in total. The Bertz CT molecular complexity index is 364. The average molecular weight is 276 g/mol. The number of allylic oxidation sites excluding steroid dienone is 2. The van der Waals surface area contributed by atoms with Gasteiger partial charge in [-0.3, -0.25) is 0 Å². The second kappa shape index (κ2) is 7.68. The van der Waals surface area contributed by atoms with Crippen LogP contribution < -0.4 is 0 Å². The van der Waals surface area contributed by atoms with Gasteiger partial charge in [0.25, 0.3) is 0 Å². The van der Waals surface area contributed by atoms with Crippen LogP contribution in [0.1, 0.15) is 52.4 Å². The van der Waals surface area contributed by atoms with Crippen LogP contribution in [0.15, 0.2) is 36.6 Å². The summed E-state index contributed by atoms with van der Waals surface area (Å²) in [6.45, 7) is 4.94. The minimum Gasteiger partial charge on any atom is -0.498 e. The lowest BCUT2D eigenvalue weighted by Crippen LogP contribution is -2.28. The molecule has 20 heavy (non-hydrogen) atoms. The van der Waals surface area contributed by atoms with Gasteiger partial charge in [-0.25, -0.2) is 0 Å². The molecule has 0 bridgehead atoms. The Labute approximate surface area is 123 Å². The Kier molecular flexibility index (Phi) is 5.90. The molecular weight excluding hydrogens is 248 g/mol. The minimum atomic E-state index is -0.310. The molecule has 2 rings (SSSR count). The van der Waals surface area contributed by atoms with Crippen LogP contribution >= 0.6 is 0 Å². The van der Waals surface area contributed by atoms with E-state index >= 15 is 0 Å². The molecule has 1 saturated carbocycles. The van der Waals surface area contributed by atoms with Crippen LogP contribution in [0.5, 0.6) is 0 Å². The predicted molar refractivity (Wildman–Crippen MR) is 83.5 cm³/mol. The minimum absolute atomic E-state index is 0.310. The number of hydrogen-bond donors (Lipinski definition) is 0. The zero-order valence-corrected chi connectivity index (χ0v) is 12.9. The second-order valence-electron chi connectivity index (χ2n) is 5.92. The van der Waals surface area contributed by atoms with E-state index in [4.69, 9.17) is 9.47 Å². The fourth-order valence-electron chi connectivity index (χ4n) is 3.16. The zero-order chi connectivity index (χ0) is 14.3. The highest BCUT2D eigenvalue weighted by Gasteiger charge is 2.25. The van der Waals surface area contributed by atoms with Gasteiger partial charge in [-0.15, -0.1) is 0 Å². The van der Waals surface area contributed by atoms with Gasteiger partial charge < -0.3 is 9.47 Å². The van der Waals surface area contributed by atoms with E-state index in [0.717, 1.165) is 12.3 Å². The van der Waals surface area contributed by atoms with Crippen molar-refractivity contribution in [3.8, 4) is 0 Å². The van der Waals surface area contributed by atoms with E-state index in [0.29, 0.717) is 12.7 Å². The second-order valence-corrected chi connectivity index (χ2v) is 5.92. The predicted octanol–water partition coefficient (Wildman–Crippen LogP) is 4.78. The first-order chi connectivity index (χ1) is 9.76. The lowest BCUT2D eigenvalue weighted by molar-refractivity contribution is 0.0311. The lowest BCUT2D eigenvalue weighted by atomic mass is 9.86. The maximum atomic E-state index is 5.94. The molecule has 112 valence electrons. The fraction of sp³-hybridized carbons (Fsp3) is 0.667. The Balaban J connectivity index is 1.86. The molecule has 0 aromatic rings. The molecule has 0 amide bonds. The van der Waals surface area contributed by atoms with Gasteiger partial charge >= 0.3 is 0 Å². The Hall–Kier alpha value is -1.02. The van der Waals surface area contributed by atoms with Gasteiger partial charge in [0.15, 0.2) is 0 Å². The summed E-state index contributed by atoms with van der Waals surface area (Å²) in [6, 6.07) is 0. The highest BCUT2D eigenvalue weighted by atomic mass is 16.5. The number of rotatable bonds is 6.